The van der Waals surface area contributed by atoms with Crippen molar-refractivity contribution in [2.45, 2.75) is 6.92 Å². The van der Waals surface area contributed by atoms with Crippen LogP contribution in [-0.4, -0.2) is 13.8 Å². The molecule has 0 fully saturated rings. The summed E-state index contributed by atoms with van der Waals surface area (Å²) in [6.45, 7) is 3.21. The van der Waals surface area contributed by atoms with E-state index in [0.717, 1.165) is 11.0 Å². The Bertz CT molecular complexity index is 675. The van der Waals surface area contributed by atoms with Crippen molar-refractivity contribution < 1.29 is 17.3 Å². The first-order valence-electron chi connectivity index (χ1n) is 8.30. The van der Waals surface area contributed by atoms with Gasteiger partial charge in [-0.25, -0.2) is 4.48 Å². The molecule has 0 aromatic heterocycles. The smallest absolute Gasteiger partial charge is 0.418 e. The molecule has 0 spiro atoms. The average Bonchev–Trinajstić information content (AvgIpc) is 2.64. The van der Waals surface area contributed by atoms with Crippen LogP contribution in [0.15, 0.2) is 91.0 Å². The molecule has 0 saturated carbocycles. The van der Waals surface area contributed by atoms with Gasteiger partial charge in [0.05, 0.1) is 6.54 Å². The van der Waals surface area contributed by atoms with Gasteiger partial charge in [0.25, 0.3) is 0 Å². The number of quaternary nitrogens is 1. The lowest BCUT2D eigenvalue weighted by molar-refractivity contribution is 0.368. The van der Waals surface area contributed by atoms with E-state index in [1.54, 1.807) is 0 Å². The van der Waals surface area contributed by atoms with Crippen LogP contribution in [0.25, 0.3) is 0 Å². The Labute approximate surface area is 151 Å². The molecule has 3 aromatic carbocycles. The Morgan fingerprint density at radius 2 is 0.808 bits per heavy atom. The third-order valence-corrected chi connectivity index (χ3v) is 4.07. The highest BCUT2D eigenvalue weighted by atomic mass is 19.5. The summed E-state index contributed by atoms with van der Waals surface area (Å²) >= 11 is 0. The Kier molecular flexibility index (Phi) is 6.58. The van der Waals surface area contributed by atoms with Crippen LogP contribution in [0.4, 0.5) is 34.3 Å². The molecule has 0 aliphatic heterocycles. The highest BCUT2D eigenvalue weighted by molar-refractivity contribution is 6.50. The Hall–Kier alpha value is -2.60. The molecule has 0 amide bonds. The van der Waals surface area contributed by atoms with Crippen LogP contribution >= 0.6 is 0 Å². The molecule has 0 heterocycles. The molecule has 6 heteroatoms. The molecule has 0 aliphatic carbocycles. The maximum atomic E-state index is 9.75. The van der Waals surface area contributed by atoms with E-state index in [1.807, 2.05) is 0 Å². The number of para-hydroxylation sites is 3. The van der Waals surface area contributed by atoms with Gasteiger partial charge in [-0.1, -0.05) is 54.6 Å². The molecule has 0 N–H and O–H groups in total. The zero-order chi connectivity index (χ0) is 19.0. The molecule has 0 unspecified atom stereocenters. The Morgan fingerprint density at radius 1 is 0.577 bits per heavy atom. The van der Waals surface area contributed by atoms with Crippen LogP contribution < -0.4 is 4.48 Å². The van der Waals surface area contributed by atoms with Gasteiger partial charge < -0.3 is 17.3 Å². The molecule has 0 saturated heterocycles. The van der Waals surface area contributed by atoms with Crippen LogP contribution in [0, 0.1) is 0 Å². The van der Waals surface area contributed by atoms with Crippen LogP contribution in [-0.2, 0) is 0 Å². The van der Waals surface area contributed by atoms with Gasteiger partial charge >= 0.3 is 7.25 Å². The molecule has 0 atom stereocenters. The summed E-state index contributed by atoms with van der Waals surface area (Å²) < 4.78 is 39.7. The Morgan fingerprint density at radius 3 is 1.00 bits per heavy atom. The molecule has 0 radical (unpaired) electrons. The molecule has 0 bridgehead atoms. The first kappa shape index (κ1) is 19.7. The van der Waals surface area contributed by atoms with E-state index in [2.05, 4.69) is 97.9 Å². The predicted octanol–water partition coefficient (Wildman–Crippen LogP) is 6.98. The van der Waals surface area contributed by atoms with Crippen molar-refractivity contribution in [2.24, 2.45) is 0 Å². The summed E-state index contributed by atoms with van der Waals surface area (Å²) in [5, 5.41) is 0. The predicted molar refractivity (Wildman–Crippen MR) is 101 cm³/mol. The fourth-order valence-corrected chi connectivity index (χ4v) is 3.04. The van der Waals surface area contributed by atoms with E-state index in [9.17, 15) is 17.3 Å². The minimum absolute atomic E-state index is 0.739. The SMILES string of the molecule is CC[N+](c1ccccc1)(c1ccccc1)c1ccccc1.F[B-](F)(F)F. The third-order valence-electron chi connectivity index (χ3n) is 4.07. The molecule has 136 valence electrons. The van der Waals surface area contributed by atoms with E-state index in [0.29, 0.717) is 0 Å². The lowest BCUT2D eigenvalue weighted by Crippen LogP contribution is -2.38. The van der Waals surface area contributed by atoms with Crippen LogP contribution in [0.5, 0.6) is 0 Å². The van der Waals surface area contributed by atoms with Gasteiger partial charge in [0.2, 0.25) is 0 Å². The molecular formula is C20H20BF4N. The summed E-state index contributed by atoms with van der Waals surface area (Å²) in [6, 6.07) is 32.2. The molecule has 0 aliphatic rings. The van der Waals surface area contributed by atoms with Crippen LogP contribution in [0.2, 0.25) is 0 Å². The second-order valence-corrected chi connectivity index (χ2v) is 5.63. The van der Waals surface area contributed by atoms with Gasteiger partial charge in [-0.05, 0) is 43.3 Å². The number of rotatable bonds is 4. The summed E-state index contributed by atoms with van der Waals surface area (Å²) in [5.74, 6) is 0. The maximum Gasteiger partial charge on any atom is 0.673 e. The van der Waals surface area contributed by atoms with Crippen molar-refractivity contribution in [3.8, 4) is 0 Å². The highest BCUT2D eigenvalue weighted by Crippen LogP contribution is 2.42. The summed E-state index contributed by atoms with van der Waals surface area (Å²) in [4.78, 5) is 0. The minimum Gasteiger partial charge on any atom is -0.418 e. The van der Waals surface area contributed by atoms with Crippen LogP contribution in [0.3, 0.4) is 0 Å². The topological polar surface area (TPSA) is 0 Å². The number of hydrogen-bond donors (Lipinski definition) is 0. The summed E-state index contributed by atoms with van der Waals surface area (Å²) in [7, 11) is -6.00. The van der Waals surface area contributed by atoms with E-state index in [1.165, 1.54) is 17.1 Å². The van der Waals surface area contributed by atoms with E-state index >= 15 is 0 Å². The van der Waals surface area contributed by atoms with Gasteiger partial charge in [0.1, 0.15) is 17.1 Å². The van der Waals surface area contributed by atoms with Gasteiger partial charge in [0, 0.05) is 0 Å². The van der Waals surface area contributed by atoms with Crippen molar-refractivity contribution in [2.75, 3.05) is 6.54 Å². The molecule has 1 nitrogen and oxygen atoms in total. The number of hydrogen-bond acceptors (Lipinski definition) is 0. The Balaban J connectivity index is 0.000000431. The van der Waals surface area contributed by atoms with Crippen molar-refractivity contribution in [1.29, 1.82) is 0 Å². The lowest BCUT2D eigenvalue weighted by Gasteiger charge is -2.36. The maximum absolute atomic E-state index is 9.75. The largest absolute Gasteiger partial charge is 0.673 e. The normalized spacial score (nSPS) is 11.4. The fraction of sp³-hybridized carbons (Fsp3) is 0.100. The molecular weight excluding hydrogens is 341 g/mol. The zero-order valence-corrected chi connectivity index (χ0v) is 14.4. The second-order valence-electron chi connectivity index (χ2n) is 5.63. The van der Waals surface area contributed by atoms with Gasteiger partial charge in [-0.3, -0.25) is 0 Å². The monoisotopic (exact) mass is 361 g/mol. The molecule has 3 aromatic rings. The number of nitrogens with zero attached hydrogens (tertiary/aromatic N) is 1. The van der Waals surface area contributed by atoms with Crippen molar-refractivity contribution >= 4 is 24.3 Å². The van der Waals surface area contributed by atoms with E-state index in [4.69, 9.17) is 0 Å². The molecule has 26 heavy (non-hydrogen) atoms. The van der Waals surface area contributed by atoms with Gasteiger partial charge in [-0.2, -0.15) is 0 Å². The first-order valence-corrected chi connectivity index (χ1v) is 8.30. The standard InChI is InChI=1S/C20H20N.BF4/c1-2-21(18-12-6-3-7-13-18,19-14-8-4-9-15-19)20-16-10-5-11-17-20;2-1(3,4)5/h3-17H,2H2,1H3;/q+1;-1. The number of halogens is 4. The van der Waals surface area contributed by atoms with Gasteiger partial charge in [-0.15, -0.1) is 0 Å². The van der Waals surface area contributed by atoms with E-state index in [-0.39, 0.29) is 0 Å². The zero-order valence-electron chi connectivity index (χ0n) is 14.4. The highest BCUT2D eigenvalue weighted by Gasteiger charge is 2.33. The summed E-state index contributed by atoms with van der Waals surface area (Å²) in [5.41, 5.74) is 3.87. The van der Waals surface area contributed by atoms with Gasteiger partial charge in [0.15, 0.2) is 0 Å². The van der Waals surface area contributed by atoms with Crippen molar-refractivity contribution in [3.63, 3.8) is 0 Å². The van der Waals surface area contributed by atoms with Crippen molar-refractivity contribution in [3.05, 3.63) is 91.0 Å². The number of benzene rings is 3. The third kappa shape index (κ3) is 4.96. The minimum atomic E-state index is -6.00. The first-order chi connectivity index (χ1) is 12.4. The van der Waals surface area contributed by atoms with Crippen molar-refractivity contribution in [1.82, 2.24) is 4.48 Å². The average molecular weight is 361 g/mol. The second kappa shape index (κ2) is 8.67. The lowest BCUT2D eigenvalue weighted by atomic mass is 10.1. The summed E-state index contributed by atoms with van der Waals surface area (Å²) in [6.07, 6.45) is 0. The van der Waals surface area contributed by atoms with E-state index < -0.39 is 7.25 Å². The quantitative estimate of drug-likeness (QED) is 0.267. The molecule has 3 rings (SSSR count). The van der Waals surface area contributed by atoms with Crippen LogP contribution in [0.1, 0.15) is 6.92 Å². The fourth-order valence-electron chi connectivity index (χ4n) is 3.04.